The molecule has 0 aliphatic carbocycles. The van der Waals surface area contributed by atoms with Crippen LogP contribution in [-0.2, 0) is 20.8 Å². The van der Waals surface area contributed by atoms with E-state index in [1.807, 2.05) is 0 Å². The number of hydrogen-bond acceptors (Lipinski definition) is 5. The maximum absolute atomic E-state index is 12.5. The highest BCUT2D eigenvalue weighted by Crippen LogP contribution is 2.29. The van der Waals surface area contributed by atoms with E-state index in [2.05, 4.69) is 10.6 Å². The van der Waals surface area contributed by atoms with Crippen LogP contribution in [-0.4, -0.2) is 38.3 Å². The van der Waals surface area contributed by atoms with Crippen LogP contribution in [0.25, 0.3) is 0 Å². The van der Waals surface area contributed by atoms with Crippen molar-refractivity contribution in [1.29, 1.82) is 0 Å². The zero-order chi connectivity index (χ0) is 20.1. The first kappa shape index (κ1) is 20.7. The largest absolute Gasteiger partial charge is 0.416 e. The number of hydrogen-bond donors (Lipinski definition) is 3. The van der Waals surface area contributed by atoms with E-state index in [1.54, 1.807) is 0 Å². The molecule has 0 aromatic heterocycles. The zero-order valence-corrected chi connectivity index (χ0v) is 14.8. The summed E-state index contributed by atoms with van der Waals surface area (Å²) >= 11 is 0. The van der Waals surface area contributed by atoms with Crippen molar-refractivity contribution < 1.29 is 31.5 Å². The Hall–Kier alpha value is -2.59. The normalized spacial score (nSPS) is 11.9. The van der Waals surface area contributed by atoms with E-state index >= 15 is 0 Å². The maximum Gasteiger partial charge on any atom is 0.416 e. The van der Waals surface area contributed by atoms with Gasteiger partial charge in [-0.05, 0) is 48.5 Å². The fourth-order valence-corrected chi connectivity index (χ4v) is 3.18. The predicted molar refractivity (Wildman–Crippen MR) is 94.1 cm³/mol. The van der Waals surface area contributed by atoms with Crippen LogP contribution in [0, 0.1) is 0 Å². The Bertz CT molecular complexity index is 880. The van der Waals surface area contributed by atoms with E-state index in [1.165, 1.54) is 24.3 Å². The van der Waals surface area contributed by atoms with Crippen molar-refractivity contribution in [1.82, 2.24) is 0 Å². The predicted octanol–water partition coefficient (Wildman–Crippen LogP) is 2.52. The van der Waals surface area contributed by atoms with Crippen LogP contribution in [0.2, 0.25) is 0 Å². The van der Waals surface area contributed by atoms with Gasteiger partial charge >= 0.3 is 6.18 Å². The lowest BCUT2D eigenvalue weighted by Gasteiger charge is -2.10. The summed E-state index contributed by atoms with van der Waals surface area (Å²) in [7, 11) is -3.55. The molecule has 0 spiro atoms. The summed E-state index contributed by atoms with van der Waals surface area (Å²) in [5.41, 5.74) is -0.101. The van der Waals surface area contributed by atoms with Crippen LogP contribution in [0.3, 0.4) is 0 Å². The number of anilines is 2. The number of aliphatic hydroxyl groups is 1. The third-order valence-electron chi connectivity index (χ3n) is 3.52. The lowest BCUT2D eigenvalue weighted by atomic mass is 10.2. The summed E-state index contributed by atoms with van der Waals surface area (Å²) in [5, 5.41) is 14.0. The van der Waals surface area contributed by atoms with Crippen LogP contribution in [0.1, 0.15) is 5.56 Å². The second kappa shape index (κ2) is 8.40. The van der Waals surface area contributed by atoms with Gasteiger partial charge in [-0.2, -0.15) is 13.2 Å². The third kappa shape index (κ3) is 5.97. The standard InChI is InChI=1S/C17H17F3N2O4S/c18-17(19,20)12-1-3-14(4-2-12)22-16(24)11-21-13-5-7-15(8-6-13)27(25,26)10-9-23/h1-8,21,23H,9-11H2,(H,22,24). The summed E-state index contributed by atoms with van der Waals surface area (Å²) in [6.07, 6.45) is -4.44. The van der Waals surface area contributed by atoms with Gasteiger partial charge in [-0.3, -0.25) is 4.79 Å². The number of carbonyl (C=O) groups excluding carboxylic acids is 1. The first-order chi connectivity index (χ1) is 12.6. The first-order valence-electron chi connectivity index (χ1n) is 7.76. The molecular weight excluding hydrogens is 385 g/mol. The van der Waals surface area contributed by atoms with E-state index in [4.69, 9.17) is 5.11 Å². The molecule has 0 saturated heterocycles. The quantitative estimate of drug-likeness (QED) is 0.662. The van der Waals surface area contributed by atoms with Crippen LogP contribution in [0.4, 0.5) is 24.5 Å². The highest BCUT2D eigenvalue weighted by atomic mass is 32.2. The summed E-state index contributed by atoms with van der Waals surface area (Å²) < 4.78 is 61.0. The van der Waals surface area contributed by atoms with Gasteiger partial charge in [-0.1, -0.05) is 0 Å². The van der Waals surface area contributed by atoms with Gasteiger partial charge in [-0.25, -0.2) is 8.42 Å². The van der Waals surface area contributed by atoms with Crippen LogP contribution in [0.15, 0.2) is 53.4 Å². The molecule has 6 nitrogen and oxygen atoms in total. The second-order valence-corrected chi connectivity index (χ2v) is 7.65. The fourth-order valence-electron chi connectivity index (χ4n) is 2.15. The summed E-state index contributed by atoms with van der Waals surface area (Å²) in [6.45, 7) is -0.643. The van der Waals surface area contributed by atoms with Gasteiger partial charge in [0, 0.05) is 11.4 Å². The van der Waals surface area contributed by atoms with Crippen molar-refractivity contribution in [2.24, 2.45) is 0 Å². The van der Waals surface area contributed by atoms with Crippen LogP contribution < -0.4 is 10.6 Å². The van der Waals surface area contributed by atoms with Gasteiger partial charge in [0.05, 0.1) is 29.4 Å². The molecule has 0 unspecified atom stereocenters. The van der Waals surface area contributed by atoms with Gasteiger partial charge in [-0.15, -0.1) is 0 Å². The molecule has 0 aliphatic rings. The average molecular weight is 402 g/mol. The van der Waals surface area contributed by atoms with Crippen LogP contribution >= 0.6 is 0 Å². The van der Waals surface area contributed by atoms with Crippen LogP contribution in [0.5, 0.6) is 0 Å². The minimum Gasteiger partial charge on any atom is -0.395 e. The molecule has 0 radical (unpaired) electrons. The topological polar surface area (TPSA) is 95.5 Å². The number of sulfone groups is 1. The number of alkyl halides is 3. The number of carbonyl (C=O) groups is 1. The van der Waals surface area contributed by atoms with Crippen molar-refractivity contribution in [3.8, 4) is 0 Å². The lowest BCUT2D eigenvalue weighted by Crippen LogP contribution is -2.21. The third-order valence-corrected chi connectivity index (χ3v) is 5.23. The number of nitrogens with one attached hydrogen (secondary N) is 2. The Morgan fingerprint density at radius 3 is 2.04 bits per heavy atom. The molecular formula is C17H17F3N2O4S. The minimum atomic E-state index is -4.44. The Morgan fingerprint density at radius 1 is 0.963 bits per heavy atom. The molecule has 1 amide bonds. The summed E-state index contributed by atoms with van der Waals surface area (Å²) in [4.78, 5) is 11.9. The molecule has 0 atom stereocenters. The van der Waals surface area contributed by atoms with E-state index in [9.17, 15) is 26.4 Å². The van der Waals surface area contributed by atoms with Crippen molar-refractivity contribution in [3.05, 3.63) is 54.1 Å². The smallest absolute Gasteiger partial charge is 0.395 e. The van der Waals surface area contributed by atoms with Crippen molar-refractivity contribution in [2.45, 2.75) is 11.1 Å². The molecule has 27 heavy (non-hydrogen) atoms. The minimum absolute atomic E-state index is 0.0521. The van der Waals surface area contributed by atoms with Crippen molar-refractivity contribution >= 4 is 27.1 Å². The van der Waals surface area contributed by atoms with Gasteiger partial charge in [0.15, 0.2) is 9.84 Å². The molecule has 2 rings (SSSR count). The Kier molecular flexibility index (Phi) is 6.45. The molecule has 2 aromatic rings. The number of benzene rings is 2. The average Bonchev–Trinajstić information content (AvgIpc) is 2.60. The van der Waals surface area contributed by atoms with Crippen molar-refractivity contribution in [2.75, 3.05) is 29.5 Å². The van der Waals surface area contributed by atoms with Gasteiger partial charge < -0.3 is 15.7 Å². The van der Waals surface area contributed by atoms with E-state index < -0.39 is 34.1 Å². The highest BCUT2D eigenvalue weighted by molar-refractivity contribution is 7.91. The molecule has 0 bridgehead atoms. The molecule has 0 saturated carbocycles. The van der Waals surface area contributed by atoms with E-state index in [-0.39, 0.29) is 22.9 Å². The molecule has 0 fully saturated rings. The molecule has 3 N–H and O–H groups in total. The molecule has 146 valence electrons. The summed E-state index contributed by atoms with van der Waals surface area (Å²) in [6, 6.07) is 9.68. The number of rotatable bonds is 7. The number of aliphatic hydroxyl groups excluding tert-OH is 1. The van der Waals surface area contributed by atoms with Gasteiger partial charge in [0.25, 0.3) is 0 Å². The van der Waals surface area contributed by atoms with Gasteiger partial charge in [0.2, 0.25) is 5.91 Å². The highest BCUT2D eigenvalue weighted by Gasteiger charge is 2.29. The zero-order valence-electron chi connectivity index (χ0n) is 14.0. The van der Waals surface area contributed by atoms with Gasteiger partial charge in [0.1, 0.15) is 0 Å². The monoisotopic (exact) mass is 402 g/mol. The summed E-state index contributed by atoms with van der Waals surface area (Å²) in [5.74, 6) is -0.860. The maximum atomic E-state index is 12.5. The Morgan fingerprint density at radius 2 is 1.52 bits per heavy atom. The molecule has 10 heteroatoms. The van der Waals surface area contributed by atoms with E-state index in [0.29, 0.717) is 5.69 Å². The molecule has 0 aliphatic heterocycles. The van der Waals surface area contributed by atoms with Crippen molar-refractivity contribution in [3.63, 3.8) is 0 Å². The first-order valence-corrected chi connectivity index (χ1v) is 9.42. The molecule has 0 heterocycles. The van der Waals surface area contributed by atoms with E-state index in [0.717, 1.165) is 24.3 Å². The fraction of sp³-hybridized carbons (Fsp3) is 0.235. The Labute approximate surface area is 153 Å². The number of amides is 1. The number of halogens is 3. The Balaban J connectivity index is 1.90. The lowest BCUT2D eigenvalue weighted by molar-refractivity contribution is -0.137. The SMILES string of the molecule is O=C(CNc1ccc(S(=O)(=O)CCO)cc1)Nc1ccc(C(F)(F)F)cc1. The second-order valence-electron chi connectivity index (χ2n) is 5.54. The molecule has 2 aromatic carbocycles.